The van der Waals surface area contributed by atoms with Gasteiger partial charge in [-0.25, -0.2) is 0 Å². The molecule has 1 aliphatic heterocycles. The molecule has 1 aromatic carbocycles. The van der Waals surface area contributed by atoms with E-state index >= 15 is 0 Å². The van der Waals surface area contributed by atoms with Gasteiger partial charge in [-0.05, 0) is 36.5 Å². The number of halogens is 1. The summed E-state index contributed by atoms with van der Waals surface area (Å²) in [6.07, 6.45) is 6.99. The molecule has 1 amide bonds. The van der Waals surface area contributed by atoms with Gasteiger partial charge in [-0.1, -0.05) is 67.3 Å². The van der Waals surface area contributed by atoms with Crippen LogP contribution in [0.1, 0.15) is 37.7 Å². The number of thioether (sulfide) groups is 1. The Morgan fingerprint density at radius 2 is 2.12 bits per heavy atom. The summed E-state index contributed by atoms with van der Waals surface area (Å²) >= 11 is 13.1. The van der Waals surface area contributed by atoms with Crippen molar-refractivity contribution in [2.45, 2.75) is 43.8 Å². The first-order valence-electron chi connectivity index (χ1n) is 8.43. The molecule has 0 unspecified atom stereocenters. The average molecular weight is 384 g/mol. The maximum Gasteiger partial charge on any atom is 0.241 e. The minimum Gasteiger partial charge on any atom is -0.495 e. The highest BCUT2D eigenvalue weighted by Crippen LogP contribution is 2.34. The van der Waals surface area contributed by atoms with E-state index < -0.39 is 0 Å². The predicted molar refractivity (Wildman–Crippen MR) is 104 cm³/mol. The second kappa shape index (κ2) is 8.07. The van der Waals surface area contributed by atoms with Crippen molar-refractivity contribution in [1.29, 1.82) is 0 Å². The van der Waals surface area contributed by atoms with E-state index in [1.807, 2.05) is 23.1 Å². The van der Waals surface area contributed by atoms with Gasteiger partial charge in [0.1, 0.15) is 10.1 Å². The first-order valence-corrected chi connectivity index (χ1v) is 10.1. The summed E-state index contributed by atoms with van der Waals surface area (Å²) in [5.74, 6) is 1.57. The van der Waals surface area contributed by atoms with Crippen LogP contribution in [0.3, 0.4) is 0 Å². The molecule has 3 rings (SSSR count). The Morgan fingerprint density at radius 1 is 1.38 bits per heavy atom. The largest absolute Gasteiger partial charge is 0.495 e. The van der Waals surface area contributed by atoms with Crippen LogP contribution < -0.4 is 4.74 Å². The molecule has 1 saturated heterocycles. The van der Waals surface area contributed by atoms with Gasteiger partial charge < -0.3 is 4.74 Å². The van der Waals surface area contributed by atoms with Gasteiger partial charge in [0.25, 0.3) is 0 Å². The number of nitrogens with zero attached hydrogens (tertiary/aromatic N) is 1. The third-order valence-electron chi connectivity index (χ3n) is 4.88. The lowest BCUT2D eigenvalue weighted by Crippen LogP contribution is -2.33. The summed E-state index contributed by atoms with van der Waals surface area (Å²) in [5, 5.41) is 0.441. The number of amides is 1. The van der Waals surface area contributed by atoms with E-state index in [2.05, 4.69) is 0 Å². The van der Waals surface area contributed by atoms with Crippen LogP contribution >= 0.6 is 35.6 Å². The molecule has 0 aromatic heterocycles. The van der Waals surface area contributed by atoms with E-state index in [1.54, 1.807) is 7.11 Å². The molecular formula is C18H22ClNO2S2. The van der Waals surface area contributed by atoms with E-state index in [0.29, 0.717) is 17.2 Å². The fourth-order valence-electron chi connectivity index (χ4n) is 3.49. The van der Waals surface area contributed by atoms with E-state index in [9.17, 15) is 4.79 Å². The molecule has 0 spiro atoms. The topological polar surface area (TPSA) is 29.5 Å². The number of carbonyl (C=O) groups excluding carboxylic acids is 1. The molecule has 2 fully saturated rings. The van der Waals surface area contributed by atoms with Crippen LogP contribution in [0.15, 0.2) is 18.2 Å². The number of methoxy groups -OCH3 is 1. The molecule has 1 aromatic rings. The second-order valence-electron chi connectivity index (χ2n) is 6.47. The fourth-order valence-corrected chi connectivity index (χ4v) is 5.36. The van der Waals surface area contributed by atoms with Crippen LogP contribution in [0.25, 0.3) is 0 Å². The molecule has 130 valence electrons. The molecule has 24 heavy (non-hydrogen) atoms. The summed E-state index contributed by atoms with van der Waals surface area (Å²) in [7, 11) is 1.60. The highest BCUT2D eigenvalue weighted by atomic mass is 35.5. The lowest BCUT2D eigenvalue weighted by atomic mass is 10.0. The minimum absolute atomic E-state index is 0.134. The number of thiocarbonyl (C=S) groups is 1. The Balaban J connectivity index is 1.59. The smallest absolute Gasteiger partial charge is 0.241 e. The highest BCUT2D eigenvalue weighted by molar-refractivity contribution is 8.24. The molecule has 1 saturated carbocycles. The molecular weight excluding hydrogens is 362 g/mol. The predicted octanol–water partition coefficient (Wildman–Crippen LogP) is 4.70. The van der Waals surface area contributed by atoms with Crippen molar-refractivity contribution < 1.29 is 9.53 Å². The van der Waals surface area contributed by atoms with Crippen LogP contribution in [0, 0.1) is 5.92 Å². The molecule has 0 radical (unpaired) electrons. The second-order valence-corrected chi connectivity index (χ2v) is 8.72. The van der Waals surface area contributed by atoms with Crippen LogP contribution in [0.5, 0.6) is 5.75 Å². The quantitative estimate of drug-likeness (QED) is 0.666. The molecule has 3 nitrogen and oxygen atoms in total. The zero-order chi connectivity index (χ0) is 17.1. The molecule has 1 heterocycles. The SMILES string of the molecule is COc1ccc(C[C@H]2SC(=S)N(CCC3CCCC3)C2=O)cc1Cl. The maximum absolute atomic E-state index is 12.7. The summed E-state index contributed by atoms with van der Waals surface area (Å²) in [6.45, 7) is 0.773. The van der Waals surface area contributed by atoms with E-state index in [4.69, 9.17) is 28.6 Å². The third kappa shape index (κ3) is 4.06. The van der Waals surface area contributed by atoms with Gasteiger partial charge in [0.2, 0.25) is 5.91 Å². The Hall–Kier alpha value is -0.780. The van der Waals surface area contributed by atoms with E-state index in [-0.39, 0.29) is 11.2 Å². The van der Waals surface area contributed by atoms with Crippen molar-refractivity contribution in [3.05, 3.63) is 28.8 Å². The van der Waals surface area contributed by atoms with Crippen molar-refractivity contribution >= 4 is 45.8 Å². The first kappa shape index (κ1) is 18.0. The van der Waals surface area contributed by atoms with Crippen LogP contribution in [-0.2, 0) is 11.2 Å². The van der Waals surface area contributed by atoms with Crippen LogP contribution in [-0.4, -0.2) is 34.0 Å². The summed E-state index contributed by atoms with van der Waals surface area (Å²) in [5.41, 5.74) is 1.03. The number of rotatable bonds is 6. The van der Waals surface area contributed by atoms with Gasteiger partial charge in [0.15, 0.2) is 0 Å². The average Bonchev–Trinajstić information content (AvgIpc) is 3.15. The maximum atomic E-state index is 12.7. The number of hydrogen-bond donors (Lipinski definition) is 0. The first-order chi connectivity index (χ1) is 11.6. The van der Waals surface area contributed by atoms with Crippen molar-refractivity contribution in [3.8, 4) is 5.75 Å². The molecule has 2 aliphatic rings. The fraction of sp³-hybridized carbons (Fsp3) is 0.556. The van der Waals surface area contributed by atoms with E-state index in [0.717, 1.165) is 28.8 Å². The van der Waals surface area contributed by atoms with Crippen molar-refractivity contribution in [2.75, 3.05) is 13.7 Å². The lowest BCUT2D eigenvalue weighted by molar-refractivity contribution is -0.126. The number of benzene rings is 1. The van der Waals surface area contributed by atoms with E-state index in [1.165, 1.54) is 37.4 Å². The highest BCUT2D eigenvalue weighted by Gasteiger charge is 2.37. The van der Waals surface area contributed by atoms with Crippen LogP contribution in [0.2, 0.25) is 5.02 Å². The Morgan fingerprint density at radius 3 is 2.79 bits per heavy atom. The zero-order valence-corrected chi connectivity index (χ0v) is 16.2. The molecule has 1 atom stereocenters. The summed E-state index contributed by atoms with van der Waals surface area (Å²) < 4.78 is 5.90. The normalized spacial score (nSPS) is 21.8. The van der Waals surface area contributed by atoms with Crippen molar-refractivity contribution in [3.63, 3.8) is 0 Å². The van der Waals surface area contributed by atoms with Gasteiger partial charge in [-0.15, -0.1) is 0 Å². The monoisotopic (exact) mass is 383 g/mol. The Kier molecular flexibility index (Phi) is 6.06. The molecule has 0 N–H and O–H groups in total. The Bertz CT molecular complexity index is 631. The van der Waals surface area contributed by atoms with Crippen LogP contribution in [0.4, 0.5) is 0 Å². The number of carbonyl (C=O) groups is 1. The van der Waals surface area contributed by atoms with Gasteiger partial charge in [0.05, 0.1) is 17.4 Å². The minimum atomic E-state index is -0.134. The summed E-state index contributed by atoms with van der Waals surface area (Å²) in [6, 6.07) is 5.68. The van der Waals surface area contributed by atoms with Gasteiger partial charge in [-0.2, -0.15) is 0 Å². The number of hydrogen-bond acceptors (Lipinski definition) is 4. The molecule has 6 heteroatoms. The summed E-state index contributed by atoms with van der Waals surface area (Å²) in [4.78, 5) is 14.5. The lowest BCUT2D eigenvalue weighted by Gasteiger charge is -2.18. The van der Waals surface area contributed by atoms with Crippen molar-refractivity contribution in [1.82, 2.24) is 4.90 Å². The zero-order valence-electron chi connectivity index (χ0n) is 13.8. The van der Waals surface area contributed by atoms with Gasteiger partial charge >= 0.3 is 0 Å². The number of ether oxygens (including phenoxy) is 1. The van der Waals surface area contributed by atoms with Gasteiger partial charge in [0, 0.05) is 6.54 Å². The molecule has 1 aliphatic carbocycles. The third-order valence-corrected chi connectivity index (χ3v) is 6.76. The standard InChI is InChI=1S/C18H22ClNO2S2/c1-22-15-7-6-13(10-14(15)19)11-16-17(21)20(18(23)24-16)9-8-12-4-2-3-5-12/h6-7,10,12,16H,2-5,8-9,11H2,1H3/t16-/m1/s1. The van der Waals surface area contributed by atoms with Gasteiger partial charge in [-0.3, -0.25) is 9.69 Å². The molecule has 0 bridgehead atoms. The Labute approximate surface area is 158 Å². The van der Waals surface area contributed by atoms with Crippen molar-refractivity contribution in [2.24, 2.45) is 5.92 Å².